The smallest absolute Gasteiger partial charge is 0.247 e. The Morgan fingerprint density at radius 2 is 1.96 bits per heavy atom. The molecule has 1 unspecified atom stereocenters. The van der Waals surface area contributed by atoms with Crippen LogP contribution in [-0.2, 0) is 10.0 Å². The fourth-order valence-corrected chi connectivity index (χ4v) is 3.73. The van der Waals surface area contributed by atoms with Gasteiger partial charge in [-0.1, -0.05) is 6.07 Å². The van der Waals surface area contributed by atoms with Crippen LogP contribution in [0.4, 0.5) is 0 Å². The van der Waals surface area contributed by atoms with Crippen molar-refractivity contribution in [3.63, 3.8) is 0 Å². The number of hydrazone groups is 1. The lowest BCUT2D eigenvalue weighted by Gasteiger charge is -2.21. The van der Waals surface area contributed by atoms with Crippen LogP contribution < -0.4 is 0 Å². The van der Waals surface area contributed by atoms with E-state index < -0.39 is 16.1 Å². The first-order valence-corrected chi connectivity index (χ1v) is 9.18. The molecular formula is C16H14N4O3S. The van der Waals surface area contributed by atoms with Crippen molar-refractivity contribution in [3.8, 4) is 0 Å². The summed E-state index contributed by atoms with van der Waals surface area (Å²) in [6, 6.07) is 8.65. The minimum atomic E-state index is -3.51. The third-order valence-electron chi connectivity index (χ3n) is 3.90. The Kier molecular flexibility index (Phi) is 3.34. The second kappa shape index (κ2) is 5.41. The fourth-order valence-electron chi connectivity index (χ4n) is 2.82. The number of hydrogen-bond acceptors (Lipinski definition) is 6. The summed E-state index contributed by atoms with van der Waals surface area (Å²) in [7, 11) is -3.51. The van der Waals surface area contributed by atoms with E-state index in [9.17, 15) is 8.42 Å². The van der Waals surface area contributed by atoms with Gasteiger partial charge in [0, 0.05) is 18.8 Å². The minimum absolute atomic E-state index is 0.425. The second-order valence-electron chi connectivity index (χ2n) is 5.58. The van der Waals surface area contributed by atoms with E-state index in [0.29, 0.717) is 17.9 Å². The molecule has 0 bridgehead atoms. The normalized spacial score (nSPS) is 18.1. The van der Waals surface area contributed by atoms with Gasteiger partial charge in [-0.25, -0.2) is 8.42 Å². The molecule has 2 aromatic heterocycles. The molecule has 3 heterocycles. The summed E-state index contributed by atoms with van der Waals surface area (Å²) in [4.78, 5) is 8.52. The monoisotopic (exact) mass is 342 g/mol. The maximum Gasteiger partial charge on any atom is 0.247 e. The molecule has 0 amide bonds. The minimum Gasteiger partial charge on any atom is -0.463 e. The zero-order valence-electron chi connectivity index (χ0n) is 12.8. The number of rotatable bonds is 3. The number of furan rings is 1. The highest BCUT2D eigenvalue weighted by Crippen LogP contribution is 2.35. The van der Waals surface area contributed by atoms with E-state index in [1.165, 1.54) is 0 Å². The van der Waals surface area contributed by atoms with Crippen molar-refractivity contribution in [2.75, 3.05) is 6.26 Å². The van der Waals surface area contributed by atoms with Crippen LogP contribution in [0.2, 0.25) is 0 Å². The van der Waals surface area contributed by atoms with E-state index in [1.54, 1.807) is 30.8 Å². The van der Waals surface area contributed by atoms with Gasteiger partial charge in [-0.15, -0.1) is 0 Å². The van der Waals surface area contributed by atoms with Gasteiger partial charge in [0.2, 0.25) is 10.0 Å². The number of aromatic nitrogens is 2. The maximum absolute atomic E-state index is 12.2. The Morgan fingerprint density at radius 1 is 1.17 bits per heavy atom. The van der Waals surface area contributed by atoms with E-state index >= 15 is 0 Å². The summed E-state index contributed by atoms with van der Waals surface area (Å²) in [5.41, 5.74) is 2.90. The van der Waals surface area contributed by atoms with Gasteiger partial charge in [-0.2, -0.15) is 9.52 Å². The summed E-state index contributed by atoms with van der Waals surface area (Å²) >= 11 is 0. The predicted octanol–water partition coefficient (Wildman–Crippen LogP) is 2.33. The molecule has 0 spiro atoms. The zero-order chi connectivity index (χ0) is 16.7. The Bertz CT molecular complexity index is 1030. The van der Waals surface area contributed by atoms with E-state index in [1.807, 2.05) is 18.2 Å². The molecule has 1 aromatic carbocycles. The predicted molar refractivity (Wildman–Crippen MR) is 88.8 cm³/mol. The molecule has 0 saturated carbocycles. The molecule has 0 radical (unpaired) electrons. The molecule has 0 saturated heterocycles. The molecule has 122 valence electrons. The lowest BCUT2D eigenvalue weighted by molar-refractivity contribution is 0.375. The molecule has 1 aliphatic heterocycles. The summed E-state index contributed by atoms with van der Waals surface area (Å²) in [6.07, 6.45) is 6.36. The SMILES string of the molecule is CS(=O)(=O)N1N=C(c2ccco2)CC1c1ccc2nccnc2c1. The number of fused-ring (bicyclic) bond motifs is 1. The van der Waals surface area contributed by atoms with Gasteiger partial charge in [-0.3, -0.25) is 9.97 Å². The molecule has 8 heteroatoms. The summed E-state index contributed by atoms with van der Waals surface area (Å²) in [5, 5.41) is 4.27. The molecule has 0 N–H and O–H groups in total. The molecule has 7 nitrogen and oxygen atoms in total. The highest BCUT2D eigenvalue weighted by atomic mass is 32.2. The van der Waals surface area contributed by atoms with Crippen LogP contribution in [0.3, 0.4) is 0 Å². The number of benzene rings is 1. The first-order valence-electron chi connectivity index (χ1n) is 7.34. The molecule has 0 aliphatic carbocycles. The topological polar surface area (TPSA) is 88.7 Å². The van der Waals surface area contributed by atoms with Gasteiger partial charge in [0.05, 0.1) is 29.6 Å². The molecule has 24 heavy (non-hydrogen) atoms. The van der Waals surface area contributed by atoms with Crippen molar-refractivity contribution in [2.24, 2.45) is 5.10 Å². The number of hydrogen-bond donors (Lipinski definition) is 0. The van der Waals surface area contributed by atoms with Gasteiger partial charge in [0.1, 0.15) is 11.5 Å². The van der Waals surface area contributed by atoms with Crippen molar-refractivity contribution in [3.05, 3.63) is 60.3 Å². The van der Waals surface area contributed by atoms with Crippen molar-refractivity contribution >= 4 is 26.8 Å². The van der Waals surface area contributed by atoms with Crippen LogP contribution in [0.1, 0.15) is 23.8 Å². The summed E-state index contributed by atoms with van der Waals surface area (Å²) in [6.45, 7) is 0. The number of sulfonamides is 1. The fraction of sp³-hybridized carbons (Fsp3) is 0.188. The van der Waals surface area contributed by atoms with Crippen molar-refractivity contribution < 1.29 is 12.8 Å². The van der Waals surface area contributed by atoms with Crippen molar-refractivity contribution in [1.82, 2.24) is 14.4 Å². The highest BCUT2D eigenvalue weighted by molar-refractivity contribution is 7.88. The maximum atomic E-state index is 12.2. The van der Waals surface area contributed by atoms with Gasteiger partial charge >= 0.3 is 0 Å². The summed E-state index contributed by atoms with van der Waals surface area (Å²) < 4.78 is 30.8. The van der Waals surface area contributed by atoms with Crippen molar-refractivity contribution in [1.29, 1.82) is 0 Å². The van der Waals surface area contributed by atoms with Gasteiger partial charge in [0.25, 0.3) is 0 Å². The van der Waals surface area contributed by atoms with E-state index in [4.69, 9.17) is 4.42 Å². The third-order valence-corrected chi connectivity index (χ3v) is 4.91. The highest BCUT2D eigenvalue weighted by Gasteiger charge is 2.35. The molecule has 0 fully saturated rings. The Morgan fingerprint density at radius 3 is 2.67 bits per heavy atom. The van der Waals surface area contributed by atoms with Crippen LogP contribution in [0, 0.1) is 0 Å². The quantitative estimate of drug-likeness (QED) is 0.729. The lowest BCUT2D eigenvalue weighted by atomic mass is 10.0. The van der Waals surface area contributed by atoms with Crippen LogP contribution >= 0.6 is 0 Å². The first-order chi connectivity index (χ1) is 11.5. The standard InChI is InChI=1S/C16H14N4O3S/c1-24(21,22)20-15(10-14(19-20)16-3-2-8-23-16)11-4-5-12-13(9-11)18-7-6-17-12/h2-9,15H,10H2,1H3. The lowest BCUT2D eigenvalue weighted by Crippen LogP contribution is -2.25. The molecule has 4 rings (SSSR count). The second-order valence-corrected chi connectivity index (χ2v) is 7.42. The Balaban J connectivity index is 1.78. The molecular weight excluding hydrogens is 328 g/mol. The largest absolute Gasteiger partial charge is 0.463 e. The van der Waals surface area contributed by atoms with Gasteiger partial charge in [0.15, 0.2) is 0 Å². The van der Waals surface area contributed by atoms with Crippen LogP contribution in [0.5, 0.6) is 0 Å². The summed E-state index contributed by atoms with van der Waals surface area (Å²) in [5.74, 6) is 0.576. The first kappa shape index (κ1) is 14.8. The Hall–Kier alpha value is -2.74. The van der Waals surface area contributed by atoms with Crippen LogP contribution in [0.15, 0.2) is 58.5 Å². The average molecular weight is 342 g/mol. The van der Waals surface area contributed by atoms with E-state index in [-0.39, 0.29) is 0 Å². The molecule has 3 aromatic rings. The Labute approximate surface area is 138 Å². The average Bonchev–Trinajstić information content (AvgIpc) is 3.23. The van der Waals surface area contributed by atoms with Crippen LogP contribution in [-0.4, -0.2) is 34.8 Å². The van der Waals surface area contributed by atoms with Gasteiger partial charge < -0.3 is 4.42 Å². The zero-order valence-corrected chi connectivity index (χ0v) is 13.6. The van der Waals surface area contributed by atoms with E-state index in [0.717, 1.165) is 27.3 Å². The van der Waals surface area contributed by atoms with Crippen molar-refractivity contribution in [2.45, 2.75) is 12.5 Å². The third kappa shape index (κ3) is 2.54. The number of nitrogens with zero attached hydrogens (tertiary/aromatic N) is 4. The molecule has 1 atom stereocenters. The van der Waals surface area contributed by atoms with Gasteiger partial charge in [-0.05, 0) is 29.8 Å². The van der Waals surface area contributed by atoms with E-state index in [2.05, 4.69) is 15.1 Å². The molecule has 1 aliphatic rings. The van der Waals surface area contributed by atoms with Crippen LogP contribution in [0.25, 0.3) is 11.0 Å².